The molecule has 1 rings (SSSR count). The molecule has 0 radical (unpaired) electrons. The van der Waals surface area contributed by atoms with Crippen LogP contribution in [-0.4, -0.2) is 42.3 Å². The highest BCUT2D eigenvalue weighted by molar-refractivity contribution is 5.76. The highest BCUT2D eigenvalue weighted by Crippen LogP contribution is 2.10. The van der Waals surface area contributed by atoms with Gasteiger partial charge >= 0.3 is 5.97 Å². The van der Waals surface area contributed by atoms with Crippen LogP contribution < -0.4 is 0 Å². The van der Waals surface area contributed by atoms with Crippen molar-refractivity contribution in [3.05, 3.63) is 35.9 Å². The molecule has 1 aromatic rings. The van der Waals surface area contributed by atoms with Crippen LogP contribution in [0.25, 0.3) is 0 Å². The van der Waals surface area contributed by atoms with Gasteiger partial charge in [0.15, 0.2) is 0 Å². The molecule has 0 fully saturated rings. The Hall–Kier alpha value is -1.39. The number of hydrogen-bond donors (Lipinski definition) is 1. The van der Waals surface area contributed by atoms with Gasteiger partial charge in [-0.05, 0) is 19.5 Å². The van der Waals surface area contributed by atoms with E-state index < -0.39 is 18.1 Å². The number of ether oxygens (including phenoxy) is 1. The second-order valence-corrected chi connectivity index (χ2v) is 4.11. The van der Waals surface area contributed by atoms with E-state index in [1.807, 2.05) is 30.3 Å². The first-order chi connectivity index (χ1) is 8.06. The SMILES string of the molecule is COC(=O)[C@@H]([C@@H](C)O)N(C)Cc1ccccc1. The molecule has 0 bridgehead atoms. The largest absolute Gasteiger partial charge is 0.468 e. The summed E-state index contributed by atoms with van der Waals surface area (Å²) in [6.07, 6.45) is -0.767. The van der Waals surface area contributed by atoms with E-state index in [0.29, 0.717) is 6.54 Å². The average molecular weight is 237 g/mol. The van der Waals surface area contributed by atoms with Crippen molar-refractivity contribution in [2.45, 2.75) is 25.6 Å². The van der Waals surface area contributed by atoms with E-state index in [4.69, 9.17) is 4.74 Å². The maximum absolute atomic E-state index is 11.6. The highest BCUT2D eigenvalue weighted by Gasteiger charge is 2.28. The molecule has 0 aliphatic heterocycles. The number of nitrogens with zero attached hydrogens (tertiary/aromatic N) is 1. The summed E-state index contributed by atoms with van der Waals surface area (Å²) in [6.45, 7) is 2.18. The van der Waals surface area contributed by atoms with Crippen molar-refractivity contribution in [3.8, 4) is 0 Å². The lowest BCUT2D eigenvalue weighted by molar-refractivity contribution is -0.150. The maximum atomic E-state index is 11.6. The van der Waals surface area contributed by atoms with Gasteiger partial charge in [0.25, 0.3) is 0 Å². The number of aliphatic hydroxyl groups excluding tert-OH is 1. The Balaban J connectivity index is 2.72. The number of carbonyl (C=O) groups excluding carboxylic acids is 1. The van der Waals surface area contributed by atoms with Crippen LogP contribution in [-0.2, 0) is 16.1 Å². The lowest BCUT2D eigenvalue weighted by Gasteiger charge is -2.27. The molecule has 0 heterocycles. The van der Waals surface area contributed by atoms with Gasteiger partial charge in [0.05, 0.1) is 13.2 Å². The predicted octanol–water partition coefficient (Wildman–Crippen LogP) is 1.04. The Labute approximate surface area is 102 Å². The zero-order valence-corrected chi connectivity index (χ0v) is 10.5. The molecule has 1 N–H and O–H groups in total. The molecular formula is C13H19NO3. The Kier molecular flexibility index (Phi) is 5.12. The van der Waals surface area contributed by atoms with Gasteiger partial charge in [0.1, 0.15) is 6.04 Å². The molecule has 0 saturated heterocycles. The molecule has 94 valence electrons. The van der Waals surface area contributed by atoms with Gasteiger partial charge in [-0.1, -0.05) is 30.3 Å². The highest BCUT2D eigenvalue weighted by atomic mass is 16.5. The summed E-state index contributed by atoms with van der Waals surface area (Å²) in [5.74, 6) is -0.418. The lowest BCUT2D eigenvalue weighted by Crippen LogP contribution is -2.46. The molecule has 0 aromatic heterocycles. The van der Waals surface area contributed by atoms with Crippen LogP contribution in [0.5, 0.6) is 0 Å². The first kappa shape index (κ1) is 13.7. The van der Waals surface area contributed by atoms with E-state index in [-0.39, 0.29) is 0 Å². The van der Waals surface area contributed by atoms with Gasteiger partial charge in [0.2, 0.25) is 0 Å². The molecule has 0 spiro atoms. The van der Waals surface area contributed by atoms with E-state index in [1.54, 1.807) is 18.9 Å². The van der Waals surface area contributed by atoms with Crippen molar-refractivity contribution in [1.82, 2.24) is 4.90 Å². The smallest absolute Gasteiger partial charge is 0.325 e. The van der Waals surface area contributed by atoms with Gasteiger partial charge in [-0.2, -0.15) is 0 Å². The summed E-state index contributed by atoms with van der Waals surface area (Å²) in [5, 5.41) is 9.62. The number of methoxy groups -OCH3 is 1. The fourth-order valence-corrected chi connectivity index (χ4v) is 1.84. The summed E-state index contributed by atoms with van der Waals surface area (Å²) in [4.78, 5) is 13.3. The van der Waals surface area contributed by atoms with Gasteiger partial charge in [0, 0.05) is 6.54 Å². The average Bonchev–Trinajstić information content (AvgIpc) is 2.29. The topological polar surface area (TPSA) is 49.8 Å². The van der Waals surface area contributed by atoms with E-state index in [2.05, 4.69) is 0 Å². The van der Waals surface area contributed by atoms with Crippen LogP contribution >= 0.6 is 0 Å². The van der Waals surface area contributed by atoms with E-state index in [9.17, 15) is 9.90 Å². The zero-order chi connectivity index (χ0) is 12.8. The minimum absolute atomic E-state index is 0.418. The van der Waals surface area contributed by atoms with Crippen LogP contribution in [0.4, 0.5) is 0 Å². The van der Waals surface area contributed by atoms with Crippen molar-refractivity contribution in [3.63, 3.8) is 0 Å². The Morgan fingerprint density at radius 3 is 2.47 bits per heavy atom. The van der Waals surface area contributed by atoms with Gasteiger partial charge < -0.3 is 9.84 Å². The molecule has 2 atom stereocenters. The third-order valence-corrected chi connectivity index (χ3v) is 2.65. The second kappa shape index (κ2) is 6.37. The van der Waals surface area contributed by atoms with Crippen LogP contribution in [0.2, 0.25) is 0 Å². The summed E-state index contributed by atoms with van der Waals surface area (Å²) in [7, 11) is 3.12. The Bertz CT molecular complexity index is 351. The number of esters is 1. The van der Waals surface area contributed by atoms with Gasteiger partial charge in [-0.3, -0.25) is 9.69 Å². The minimum atomic E-state index is -0.767. The zero-order valence-electron chi connectivity index (χ0n) is 10.5. The van der Waals surface area contributed by atoms with Crippen LogP contribution in [0.15, 0.2) is 30.3 Å². The lowest BCUT2D eigenvalue weighted by atomic mass is 10.1. The molecule has 0 aliphatic rings. The number of rotatable bonds is 5. The Morgan fingerprint density at radius 2 is 2.00 bits per heavy atom. The number of likely N-dealkylation sites (N-methyl/N-ethyl adjacent to an activating group) is 1. The van der Waals surface area contributed by atoms with Crippen LogP contribution in [0.1, 0.15) is 12.5 Å². The van der Waals surface area contributed by atoms with E-state index >= 15 is 0 Å². The third kappa shape index (κ3) is 3.84. The molecule has 0 amide bonds. The molecule has 0 saturated carbocycles. The number of hydrogen-bond acceptors (Lipinski definition) is 4. The fourth-order valence-electron chi connectivity index (χ4n) is 1.84. The van der Waals surface area contributed by atoms with Crippen molar-refractivity contribution in [2.75, 3.05) is 14.2 Å². The molecule has 1 aromatic carbocycles. The molecule has 4 heteroatoms. The standard InChI is InChI=1S/C13H19NO3/c1-10(15)12(13(16)17-3)14(2)9-11-7-5-4-6-8-11/h4-8,10,12,15H,9H2,1-3H3/t10-,12-/m1/s1. The van der Waals surface area contributed by atoms with E-state index in [0.717, 1.165) is 5.56 Å². The summed E-state index contributed by atoms with van der Waals surface area (Å²) in [5.41, 5.74) is 1.09. The number of benzene rings is 1. The minimum Gasteiger partial charge on any atom is -0.468 e. The normalized spacial score (nSPS) is 14.4. The maximum Gasteiger partial charge on any atom is 0.325 e. The van der Waals surface area contributed by atoms with Crippen molar-refractivity contribution in [1.29, 1.82) is 0 Å². The fraction of sp³-hybridized carbons (Fsp3) is 0.462. The van der Waals surface area contributed by atoms with Gasteiger partial charge in [-0.15, -0.1) is 0 Å². The third-order valence-electron chi connectivity index (χ3n) is 2.65. The molecule has 0 unspecified atom stereocenters. The van der Waals surface area contributed by atoms with E-state index in [1.165, 1.54) is 7.11 Å². The van der Waals surface area contributed by atoms with Crippen molar-refractivity contribution in [2.24, 2.45) is 0 Å². The first-order valence-corrected chi connectivity index (χ1v) is 5.56. The number of carbonyl (C=O) groups is 1. The summed E-state index contributed by atoms with van der Waals surface area (Å²) < 4.78 is 4.69. The molecular weight excluding hydrogens is 218 g/mol. The number of aliphatic hydroxyl groups is 1. The van der Waals surface area contributed by atoms with Gasteiger partial charge in [-0.25, -0.2) is 0 Å². The quantitative estimate of drug-likeness (QED) is 0.777. The summed E-state index contributed by atoms with van der Waals surface area (Å²) >= 11 is 0. The summed E-state index contributed by atoms with van der Waals surface area (Å²) in [6, 6.07) is 9.15. The molecule has 4 nitrogen and oxygen atoms in total. The predicted molar refractivity (Wildman–Crippen MR) is 65.4 cm³/mol. The van der Waals surface area contributed by atoms with Crippen LogP contribution in [0, 0.1) is 0 Å². The van der Waals surface area contributed by atoms with Crippen molar-refractivity contribution < 1.29 is 14.6 Å². The molecule has 17 heavy (non-hydrogen) atoms. The second-order valence-electron chi connectivity index (χ2n) is 4.11. The first-order valence-electron chi connectivity index (χ1n) is 5.56. The Morgan fingerprint density at radius 1 is 1.41 bits per heavy atom. The molecule has 0 aliphatic carbocycles. The van der Waals surface area contributed by atoms with Crippen LogP contribution in [0.3, 0.4) is 0 Å². The van der Waals surface area contributed by atoms with Crippen molar-refractivity contribution >= 4 is 5.97 Å². The monoisotopic (exact) mass is 237 g/mol.